The number of non-ortho nitro benzene ring substituents is 1. The Morgan fingerprint density at radius 3 is 2.61 bits per heavy atom. The van der Waals surface area contributed by atoms with Gasteiger partial charge in [0.25, 0.3) is 11.2 Å². The van der Waals surface area contributed by atoms with Crippen molar-refractivity contribution >= 4 is 38.2 Å². The minimum atomic E-state index is -1.25. The van der Waals surface area contributed by atoms with Crippen molar-refractivity contribution in [3.63, 3.8) is 0 Å². The van der Waals surface area contributed by atoms with Gasteiger partial charge in [-0.3, -0.25) is 19.7 Å². The SMILES string of the molecule is BC(B)(Oc1cc2cc([N+](=O)[O-])ccc2n(C)c1=O)C(=O)NC. The van der Waals surface area contributed by atoms with Crippen molar-refractivity contribution < 1.29 is 14.5 Å². The molecule has 0 aliphatic carbocycles. The van der Waals surface area contributed by atoms with E-state index in [1.807, 2.05) is 0 Å². The molecule has 1 aromatic carbocycles. The lowest BCUT2D eigenvalue weighted by Gasteiger charge is -2.25. The van der Waals surface area contributed by atoms with Crippen LogP contribution in [0.15, 0.2) is 29.1 Å². The fraction of sp³-hybridized carbons (Fsp3) is 0.231. The van der Waals surface area contributed by atoms with Gasteiger partial charge in [-0.05, 0) is 12.1 Å². The Morgan fingerprint density at radius 1 is 1.39 bits per heavy atom. The molecule has 10 heteroatoms. The number of carbonyl (C=O) groups excluding carboxylic acids is 1. The maximum Gasteiger partial charge on any atom is 0.293 e. The van der Waals surface area contributed by atoms with Crippen LogP contribution in [0, 0.1) is 10.1 Å². The second-order valence-electron chi connectivity index (χ2n) is 5.56. The standard InChI is InChI=1S/C13H15B2N3O5/c1-16-12(20)13(14,15)23-10-6-7-5-8(18(21)22)3-4-9(7)17(2)11(10)19/h3-6H,14-15H2,1-2H3,(H,16,20). The molecule has 0 bridgehead atoms. The largest absolute Gasteiger partial charge is 0.491 e. The van der Waals surface area contributed by atoms with Crippen LogP contribution < -0.4 is 15.6 Å². The van der Waals surface area contributed by atoms with E-state index in [9.17, 15) is 19.7 Å². The molecule has 2 aromatic rings. The summed E-state index contributed by atoms with van der Waals surface area (Å²) in [5.74, 6) is -0.437. The number of aromatic nitrogens is 1. The van der Waals surface area contributed by atoms with Crippen LogP contribution in [0.1, 0.15) is 0 Å². The first kappa shape index (κ1) is 16.6. The van der Waals surface area contributed by atoms with Crippen molar-refractivity contribution in [2.24, 2.45) is 7.05 Å². The van der Waals surface area contributed by atoms with Gasteiger partial charge in [0.15, 0.2) is 21.4 Å². The number of amides is 1. The first-order valence-corrected chi connectivity index (χ1v) is 6.87. The highest BCUT2D eigenvalue weighted by molar-refractivity contribution is 6.50. The molecular formula is C13H15B2N3O5. The Bertz CT molecular complexity index is 863. The summed E-state index contributed by atoms with van der Waals surface area (Å²) in [6, 6.07) is 5.60. The lowest BCUT2D eigenvalue weighted by atomic mass is 9.64. The van der Waals surface area contributed by atoms with Crippen molar-refractivity contribution in [2.75, 3.05) is 7.05 Å². The van der Waals surface area contributed by atoms with Crippen LogP contribution in [-0.4, -0.2) is 43.5 Å². The van der Waals surface area contributed by atoms with Crippen LogP contribution >= 0.6 is 0 Å². The number of nitro groups is 1. The van der Waals surface area contributed by atoms with E-state index in [1.54, 1.807) is 0 Å². The number of rotatable bonds is 4. The maximum atomic E-state index is 12.4. The van der Waals surface area contributed by atoms with E-state index in [2.05, 4.69) is 5.32 Å². The van der Waals surface area contributed by atoms with Crippen LogP contribution in [-0.2, 0) is 11.8 Å². The summed E-state index contributed by atoms with van der Waals surface area (Å²) in [6.45, 7) is 0. The van der Waals surface area contributed by atoms with Crippen LogP contribution in [0.4, 0.5) is 5.69 Å². The van der Waals surface area contributed by atoms with Gasteiger partial charge in [0.2, 0.25) is 5.91 Å². The number of nitro benzene ring substituents is 1. The minimum absolute atomic E-state index is 0.0471. The van der Waals surface area contributed by atoms with E-state index in [0.717, 1.165) is 0 Å². The average molecular weight is 315 g/mol. The summed E-state index contributed by atoms with van der Waals surface area (Å²) in [5.41, 5.74) is 0.0155. The summed E-state index contributed by atoms with van der Waals surface area (Å²) >= 11 is 0. The van der Waals surface area contributed by atoms with Gasteiger partial charge >= 0.3 is 0 Å². The summed E-state index contributed by atoms with van der Waals surface area (Å²) < 4.78 is 6.89. The summed E-state index contributed by atoms with van der Waals surface area (Å²) in [6.07, 6.45) is 0. The summed E-state index contributed by atoms with van der Waals surface area (Å²) in [5, 5.41) is 12.6. The third-order valence-electron chi connectivity index (χ3n) is 3.52. The monoisotopic (exact) mass is 315 g/mol. The predicted octanol–water partition coefficient (Wildman–Crippen LogP) is -1.51. The number of aryl methyl sites for hydroxylation is 1. The third kappa shape index (κ3) is 3.05. The molecule has 8 nitrogen and oxygen atoms in total. The molecule has 1 aromatic heterocycles. The van der Waals surface area contributed by atoms with Gasteiger partial charge < -0.3 is 14.6 Å². The third-order valence-corrected chi connectivity index (χ3v) is 3.52. The van der Waals surface area contributed by atoms with Gasteiger partial charge in [0.05, 0.1) is 10.4 Å². The van der Waals surface area contributed by atoms with Gasteiger partial charge in [-0.2, -0.15) is 0 Å². The molecule has 0 unspecified atom stereocenters. The molecule has 1 N–H and O–H groups in total. The molecule has 0 aliphatic heterocycles. The van der Waals surface area contributed by atoms with Crippen LogP contribution in [0.3, 0.4) is 0 Å². The zero-order valence-electron chi connectivity index (χ0n) is 13.2. The van der Waals surface area contributed by atoms with Gasteiger partial charge in [0, 0.05) is 31.6 Å². The molecule has 0 fully saturated rings. The predicted molar refractivity (Wildman–Crippen MR) is 90.4 cm³/mol. The molecule has 0 saturated carbocycles. The molecule has 2 rings (SSSR count). The summed E-state index contributed by atoms with van der Waals surface area (Å²) in [7, 11) is 6.07. The molecule has 0 saturated heterocycles. The molecule has 0 aliphatic rings. The highest BCUT2D eigenvalue weighted by atomic mass is 16.6. The molecular weight excluding hydrogens is 300 g/mol. The number of ether oxygens (including phenoxy) is 1. The van der Waals surface area contributed by atoms with Gasteiger partial charge in [-0.1, -0.05) is 0 Å². The van der Waals surface area contributed by atoms with Crippen molar-refractivity contribution in [2.45, 2.75) is 5.40 Å². The topological polar surface area (TPSA) is 103 Å². The van der Waals surface area contributed by atoms with E-state index < -0.39 is 21.8 Å². The highest BCUT2D eigenvalue weighted by Crippen LogP contribution is 2.23. The number of nitrogens with zero attached hydrogens (tertiary/aromatic N) is 2. The second-order valence-corrected chi connectivity index (χ2v) is 5.56. The Morgan fingerprint density at radius 2 is 2.04 bits per heavy atom. The highest BCUT2D eigenvalue weighted by Gasteiger charge is 2.30. The number of benzene rings is 1. The van der Waals surface area contributed by atoms with E-state index in [-0.39, 0.29) is 11.4 Å². The summed E-state index contributed by atoms with van der Waals surface area (Å²) in [4.78, 5) is 34.5. The number of hydrogen-bond donors (Lipinski definition) is 1. The fourth-order valence-corrected chi connectivity index (χ4v) is 2.25. The maximum absolute atomic E-state index is 12.4. The van der Waals surface area contributed by atoms with E-state index in [4.69, 9.17) is 4.74 Å². The van der Waals surface area contributed by atoms with Crippen LogP contribution in [0.25, 0.3) is 10.9 Å². The average Bonchev–Trinajstić information content (AvgIpc) is 2.50. The van der Waals surface area contributed by atoms with E-state index >= 15 is 0 Å². The zero-order valence-corrected chi connectivity index (χ0v) is 13.2. The van der Waals surface area contributed by atoms with Crippen LogP contribution in [0.2, 0.25) is 0 Å². The van der Waals surface area contributed by atoms with E-state index in [1.165, 1.54) is 58.6 Å². The first-order chi connectivity index (χ1) is 10.7. The van der Waals surface area contributed by atoms with Crippen molar-refractivity contribution in [1.82, 2.24) is 9.88 Å². The number of likely N-dealkylation sites (N-methyl/N-ethyl adjacent to an activating group) is 1. The molecule has 23 heavy (non-hydrogen) atoms. The Kier molecular flexibility index (Phi) is 4.18. The van der Waals surface area contributed by atoms with E-state index in [0.29, 0.717) is 10.9 Å². The number of nitrogens with one attached hydrogen (secondary N) is 1. The quantitative estimate of drug-likeness (QED) is 0.420. The second kappa shape index (κ2) is 5.79. The zero-order chi connectivity index (χ0) is 17.4. The van der Waals surface area contributed by atoms with Crippen molar-refractivity contribution in [3.05, 3.63) is 44.7 Å². The van der Waals surface area contributed by atoms with Crippen molar-refractivity contribution in [1.29, 1.82) is 0 Å². The minimum Gasteiger partial charge on any atom is -0.491 e. The number of pyridine rings is 1. The molecule has 118 valence electrons. The molecule has 0 atom stereocenters. The lowest BCUT2D eigenvalue weighted by Crippen LogP contribution is -2.52. The van der Waals surface area contributed by atoms with Crippen molar-refractivity contribution in [3.8, 4) is 5.75 Å². The fourth-order valence-electron chi connectivity index (χ4n) is 2.25. The van der Waals surface area contributed by atoms with Gasteiger partial charge in [-0.25, -0.2) is 0 Å². The van der Waals surface area contributed by atoms with Crippen LogP contribution in [0.5, 0.6) is 5.75 Å². The smallest absolute Gasteiger partial charge is 0.293 e. The van der Waals surface area contributed by atoms with Gasteiger partial charge in [-0.15, -0.1) is 0 Å². The Hall–Kier alpha value is -2.77. The number of hydrogen-bond acceptors (Lipinski definition) is 5. The first-order valence-electron chi connectivity index (χ1n) is 6.87. The molecule has 1 heterocycles. The van der Waals surface area contributed by atoms with Gasteiger partial charge in [0.1, 0.15) is 5.40 Å². The Labute approximate surface area is 133 Å². The number of carbonyl (C=O) groups is 1. The molecule has 1 amide bonds. The number of fused-ring (bicyclic) bond motifs is 1. The molecule has 0 radical (unpaired) electrons. The lowest BCUT2D eigenvalue weighted by molar-refractivity contribution is -0.384. The normalized spacial score (nSPS) is 11.2. The Balaban J connectivity index is 2.61. The molecule has 0 spiro atoms.